The Kier molecular flexibility index (Phi) is 8.55. The highest BCUT2D eigenvalue weighted by Crippen LogP contribution is 2.41. The Bertz CT molecular complexity index is 3370. The van der Waals surface area contributed by atoms with E-state index in [1.54, 1.807) is 0 Å². The number of hydrogen-bond donors (Lipinski definition) is 0. The number of rotatable bonds is 7. The molecule has 0 saturated heterocycles. The Morgan fingerprint density at radius 2 is 1.15 bits per heavy atom. The highest BCUT2D eigenvalue weighted by Gasteiger charge is 2.26. The molecule has 0 saturated carbocycles. The van der Waals surface area contributed by atoms with E-state index >= 15 is 0 Å². The maximum Gasteiger partial charge on any atom is 0.166 e. The van der Waals surface area contributed by atoms with E-state index in [0.29, 0.717) is 17.5 Å². The van der Waals surface area contributed by atoms with Gasteiger partial charge in [0.2, 0.25) is 0 Å². The molecule has 1 aliphatic carbocycles. The number of hydrogen-bond acceptors (Lipinski definition) is 3. The van der Waals surface area contributed by atoms with E-state index in [-0.39, 0.29) is 6.04 Å². The second-order valence-corrected chi connectivity index (χ2v) is 15.3. The van der Waals surface area contributed by atoms with Crippen LogP contribution < -0.4 is 10.6 Å². The smallest absolute Gasteiger partial charge is 0.166 e. The largest absolute Gasteiger partial charge is 0.331 e. The zero-order chi connectivity index (χ0) is 40.2. The van der Waals surface area contributed by atoms with Gasteiger partial charge in [0, 0.05) is 55.0 Å². The molecule has 6 heteroatoms. The van der Waals surface area contributed by atoms with Crippen molar-refractivity contribution in [2.75, 3.05) is 0 Å². The van der Waals surface area contributed by atoms with Crippen LogP contribution >= 0.6 is 0 Å². The summed E-state index contributed by atoms with van der Waals surface area (Å²) in [5, 5.41) is 4.30. The average molecular weight is 773 g/mol. The lowest BCUT2D eigenvalue weighted by Crippen LogP contribution is -2.27. The van der Waals surface area contributed by atoms with E-state index in [1.165, 1.54) is 33.2 Å². The van der Waals surface area contributed by atoms with Crippen LogP contribution in [-0.4, -0.2) is 28.7 Å². The lowest BCUT2D eigenvalue weighted by Gasteiger charge is -2.18. The third kappa shape index (κ3) is 5.76. The number of benzene rings is 6. The van der Waals surface area contributed by atoms with Crippen molar-refractivity contribution in [2.24, 2.45) is 0 Å². The Balaban J connectivity index is 1.19. The molecule has 0 radical (unpaired) electrons. The molecule has 1 aliphatic rings. The van der Waals surface area contributed by atoms with Gasteiger partial charge in [-0.05, 0) is 55.8 Å². The molecule has 0 N–H and O–H groups in total. The van der Waals surface area contributed by atoms with Gasteiger partial charge in [0.05, 0.1) is 33.8 Å². The topological polar surface area (TPSA) is 53.5 Å². The van der Waals surface area contributed by atoms with Crippen molar-refractivity contribution in [3.63, 3.8) is 0 Å². The van der Waals surface area contributed by atoms with E-state index in [4.69, 9.17) is 21.5 Å². The summed E-state index contributed by atoms with van der Waals surface area (Å²) in [6, 6.07) is 57.0. The van der Waals surface area contributed by atoms with Gasteiger partial charge >= 0.3 is 0 Å². The van der Waals surface area contributed by atoms with Gasteiger partial charge in [-0.25, -0.2) is 15.0 Å². The number of para-hydroxylation sites is 4. The van der Waals surface area contributed by atoms with E-state index < -0.39 is 0 Å². The van der Waals surface area contributed by atoms with Crippen LogP contribution in [0.25, 0.3) is 91.0 Å². The Labute approximate surface area is 347 Å². The summed E-state index contributed by atoms with van der Waals surface area (Å²) in [7, 11) is 0. The summed E-state index contributed by atoms with van der Waals surface area (Å²) < 4.78 is 7.26. The first-order chi connectivity index (χ1) is 29.6. The summed E-state index contributed by atoms with van der Waals surface area (Å²) in [6.07, 6.45) is 12.2. The van der Waals surface area contributed by atoms with E-state index in [0.717, 1.165) is 56.0 Å². The standard InChI is InChI=1S/C54H40N6/c1-36-45(35-46-37(2)58(40-25-11-5-12-26-40)50-43-30-16-19-33-48(43)60(51(46)50)41-27-13-6-14-28-41)42-29-15-18-32-47(42)59(36)49-34-20-17-31-44(49)54-56-52(38-21-7-3-8-22-38)55-53(57-54)39-23-9-4-10-24-39/h3-27,29-35,41H,1,28H2,2H3/b45-35+. The van der Waals surface area contributed by atoms with Crippen molar-refractivity contribution in [1.29, 1.82) is 0 Å². The number of nitrogens with zero attached hydrogens (tertiary/aromatic N) is 6. The van der Waals surface area contributed by atoms with Gasteiger partial charge in [0.25, 0.3) is 0 Å². The summed E-state index contributed by atoms with van der Waals surface area (Å²) in [6.45, 7) is 7.12. The SMILES string of the molecule is C=c1/c(=C\c2c(C)n(-c3ccccc3)c3c4ccccc4n(C4C=CC=CC4)c23)c2ccccc2n1-c1ccccc1-c1nc(-c2ccccc2)nc(-c2ccccc2)n1. The summed E-state index contributed by atoms with van der Waals surface area (Å²) in [5.41, 5.74) is 11.9. The van der Waals surface area contributed by atoms with Gasteiger partial charge in [0.15, 0.2) is 17.5 Å². The molecule has 11 rings (SSSR count). The van der Waals surface area contributed by atoms with Crippen LogP contribution in [0.1, 0.15) is 23.7 Å². The molecular weight excluding hydrogens is 733 g/mol. The van der Waals surface area contributed by atoms with Gasteiger partial charge in [-0.2, -0.15) is 0 Å². The van der Waals surface area contributed by atoms with Gasteiger partial charge in [-0.3, -0.25) is 0 Å². The van der Waals surface area contributed by atoms with Crippen molar-refractivity contribution >= 4 is 45.5 Å². The van der Waals surface area contributed by atoms with Crippen LogP contribution in [0.4, 0.5) is 0 Å². The minimum atomic E-state index is 0.171. The zero-order valence-corrected chi connectivity index (χ0v) is 33.2. The highest BCUT2D eigenvalue weighted by molar-refractivity contribution is 6.11. The van der Waals surface area contributed by atoms with Crippen LogP contribution in [0.5, 0.6) is 0 Å². The third-order valence-corrected chi connectivity index (χ3v) is 11.8. The molecule has 0 amide bonds. The predicted molar refractivity (Wildman–Crippen MR) is 247 cm³/mol. The fourth-order valence-corrected chi connectivity index (χ4v) is 9.05. The number of fused-ring (bicyclic) bond motifs is 4. The maximum absolute atomic E-state index is 5.14. The molecule has 0 bridgehead atoms. The first-order valence-corrected chi connectivity index (χ1v) is 20.4. The van der Waals surface area contributed by atoms with Crippen LogP contribution in [0.15, 0.2) is 188 Å². The molecule has 0 fully saturated rings. The molecule has 1 unspecified atom stereocenters. The van der Waals surface area contributed by atoms with E-state index in [2.05, 4.69) is 154 Å². The van der Waals surface area contributed by atoms with Gasteiger partial charge < -0.3 is 13.7 Å². The van der Waals surface area contributed by atoms with Gasteiger partial charge in [-0.1, -0.05) is 158 Å². The van der Waals surface area contributed by atoms with Crippen molar-refractivity contribution in [3.05, 3.63) is 210 Å². The van der Waals surface area contributed by atoms with Crippen LogP contribution in [0.2, 0.25) is 0 Å². The minimum Gasteiger partial charge on any atom is -0.331 e. The Morgan fingerprint density at radius 3 is 1.83 bits per heavy atom. The summed E-state index contributed by atoms with van der Waals surface area (Å²) in [4.78, 5) is 15.3. The second-order valence-electron chi connectivity index (χ2n) is 15.3. The lowest BCUT2D eigenvalue weighted by atomic mass is 10.1. The van der Waals surface area contributed by atoms with Crippen molar-refractivity contribution in [2.45, 2.75) is 19.4 Å². The van der Waals surface area contributed by atoms with E-state index in [9.17, 15) is 0 Å². The lowest BCUT2D eigenvalue weighted by molar-refractivity contribution is 0.648. The fraction of sp³-hybridized carbons (Fsp3) is 0.0556. The van der Waals surface area contributed by atoms with E-state index in [1.807, 2.05) is 60.7 Å². The fourth-order valence-electron chi connectivity index (χ4n) is 9.05. The number of aromatic nitrogens is 6. The molecule has 60 heavy (non-hydrogen) atoms. The van der Waals surface area contributed by atoms with Gasteiger partial charge in [0.1, 0.15) is 0 Å². The molecule has 6 nitrogen and oxygen atoms in total. The average Bonchev–Trinajstić information content (AvgIpc) is 3.90. The molecule has 6 aromatic carbocycles. The number of allylic oxidation sites excluding steroid dienone is 4. The molecule has 1 atom stereocenters. The van der Waals surface area contributed by atoms with Crippen molar-refractivity contribution in [1.82, 2.24) is 28.7 Å². The molecule has 4 aromatic heterocycles. The molecule has 4 heterocycles. The normalized spacial score (nSPS) is 14.2. The minimum absolute atomic E-state index is 0.171. The molecule has 0 spiro atoms. The van der Waals surface area contributed by atoms with Crippen molar-refractivity contribution in [3.8, 4) is 45.5 Å². The highest BCUT2D eigenvalue weighted by atomic mass is 15.1. The predicted octanol–water partition coefficient (Wildman–Crippen LogP) is 11.3. The second kappa shape index (κ2) is 14.5. The molecule has 286 valence electrons. The van der Waals surface area contributed by atoms with Crippen LogP contribution in [-0.2, 0) is 0 Å². The molecule has 10 aromatic rings. The summed E-state index contributed by atoms with van der Waals surface area (Å²) >= 11 is 0. The monoisotopic (exact) mass is 772 g/mol. The Hall–Kier alpha value is -7.83. The molecule has 0 aliphatic heterocycles. The quantitative estimate of drug-likeness (QED) is 0.162. The first-order valence-electron chi connectivity index (χ1n) is 20.4. The molecular formula is C54H40N6. The Morgan fingerprint density at radius 1 is 0.567 bits per heavy atom. The van der Waals surface area contributed by atoms with Crippen LogP contribution in [0.3, 0.4) is 0 Å². The first kappa shape index (κ1) is 35.3. The summed E-state index contributed by atoms with van der Waals surface area (Å²) in [5.74, 6) is 1.84. The van der Waals surface area contributed by atoms with Crippen LogP contribution in [0, 0.1) is 6.92 Å². The maximum atomic E-state index is 5.14. The third-order valence-electron chi connectivity index (χ3n) is 11.8. The van der Waals surface area contributed by atoms with Gasteiger partial charge in [-0.15, -0.1) is 0 Å². The van der Waals surface area contributed by atoms with Crippen molar-refractivity contribution < 1.29 is 0 Å². The zero-order valence-electron chi connectivity index (χ0n) is 33.2.